The topological polar surface area (TPSA) is 64.1 Å². The third kappa shape index (κ3) is 5.04. The molecule has 25 heavy (non-hydrogen) atoms. The normalized spacial score (nSPS) is 11.0. The van der Waals surface area contributed by atoms with Crippen LogP contribution in [0.1, 0.15) is 11.1 Å². The van der Waals surface area contributed by atoms with E-state index in [0.29, 0.717) is 30.5 Å². The first-order valence-electron chi connectivity index (χ1n) is 7.99. The maximum absolute atomic E-state index is 5.36. The summed E-state index contributed by atoms with van der Waals surface area (Å²) >= 11 is 0. The van der Waals surface area contributed by atoms with Gasteiger partial charge in [-0.1, -0.05) is 24.3 Å². The molecule has 6 nitrogen and oxygen atoms in total. The van der Waals surface area contributed by atoms with Gasteiger partial charge >= 0.3 is 0 Å². The van der Waals surface area contributed by atoms with Gasteiger partial charge in [0.15, 0.2) is 17.5 Å². The lowest BCUT2D eigenvalue weighted by molar-refractivity contribution is 0.354. The summed E-state index contributed by atoms with van der Waals surface area (Å²) in [4.78, 5) is 4.25. The highest BCUT2D eigenvalue weighted by Crippen LogP contribution is 2.27. The zero-order valence-corrected chi connectivity index (χ0v) is 15.1. The third-order valence-electron chi connectivity index (χ3n) is 3.77. The lowest BCUT2D eigenvalue weighted by Gasteiger charge is -2.14. The van der Waals surface area contributed by atoms with Gasteiger partial charge in [-0.25, -0.2) is 0 Å². The summed E-state index contributed by atoms with van der Waals surface area (Å²) in [5.74, 6) is 2.98. The molecule has 0 fully saturated rings. The van der Waals surface area contributed by atoms with Gasteiger partial charge in [0.2, 0.25) is 0 Å². The number of aliphatic imine (C=N–C) groups is 1. The van der Waals surface area contributed by atoms with Crippen LogP contribution in [0.5, 0.6) is 17.2 Å². The molecular weight excluding hydrogens is 318 g/mol. The van der Waals surface area contributed by atoms with E-state index in [4.69, 9.17) is 14.2 Å². The van der Waals surface area contributed by atoms with Crippen LogP contribution in [-0.2, 0) is 13.1 Å². The van der Waals surface area contributed by atoms with Crippen molar-refractivity contribution in [3.63, 3.8) is 0 Å². The molecule has 0 aromatic heterocycles. The first-order valence-corrected chi connectivity index (χ1v) is 7.99. The Kier molecular flexibility index (Phi) is 6.95. The molecule has 0 spiro atoms. The van der Waals surface area contributed by atoms with Gasteiger partial charge < -0.3 is 24.8 Å². The molecule has 0 radical (unpaired) electrons. The van der Waals surface area contributed by atoms with Crippen molar-refractivity contribution >= 4 is 5.96 Å². The predicted molar refractivity (Wildman–Crippen MR) is 99.6 cm³/mol. The van der Waals surface area contributed by atoms with Crippen molar-refractivity contribution in [2.45, 2.75) is 13.1 Å². The highest BCUT2D eigenvalue weighted by molar-refractivity contribution is 5.79. The number of methoxy groups -OCH3 is 3. The molecule has 2 rings (SSSR count). The van der Waals surface area contributed by atoms with Crippen molar-refractivity contribution in [3.8, 4) is 17.2 Å². The van der Waals surface area contributed by atoms with Gasteiger partial charge in [-0.2, -0.15) is 0 Å². The predicted octanol–water partition coefficient (Wildman–Crippen LogP) is 2.58. The maximum Gasteiger partial charge on any atom is 0.191 e. The third-order valence-corrected chi connectivity index (χ3v) is 3.77. The molecule has 6 heteroatoms. The van der Waals surface area contributed by atoms with E-state index in [1.165, 1.54) is 0 Å². The van der Waals surface area contributed by atoms with E-state index in [-0.39, 0.29) is 0 Å². The van der Waals surface area contributed by atoms with E-state index in [1.807, 2.05) is 42.5 Å². The molecule has 2 aromatic rings. The monoisotopic (exact) mass is 343 g/mol. The van der Waals surface area contributed by atoms with E-state index in [1.54, 1.807) is 28.4 Å². The first kappa shape index (κ1) is 18.4. The van der Waals surface area contributed by atoms with Crippen molar-refractivity contribution in [1.29, 1.82) is 0 Å². The molecule has 0 aliphatic heterocycles. The quantitative estimate of drug-likeness (QED) is 0.598. The lowest BCUT2D eigenvalue weighted by Crippen LogP contribution is -2.36. The van der Waals surface area contributed by atoms with E-state index < -0.39 is 0 Å². The second-order valence-corrected chi connectivity index (χ2v) is 5.28. The summed E-state index contributed by atoms with van der Waals surface area (Å²) in [7, 11) is 6.66. The molecule has 0 heterocycles. The second kappa shape index (κ2) is 9.42. The second-order valence-electron chi connectivity index (χ2n) is 5.28. The van der Waals surface area contributed by atoms with Gasteiger partial charge in [0.25, 0.3) is 0 Å². The lowest BCUT2D eigenvalue weighted by atomic mass is 10.2. The van der Waals surface area contributed by atoms with E-state index in [2.05, 4.69) is 15.6 Å². The number of guanidine groups is 1. The Morgan fingerprint density at radius 1 is 0.840 bits per heavy atom. The van der Waals surface area contributed by atoms with Crippen LogP contribution >= 0.6 is 0 Å². The molecule has 134 valence electrons. The van der Waals surface area contributed by atoms with Crippen LogP contribution in [0.25, 0.3) is 0 Å². The molecule has 0 unspecified atom stereocenters. The highest BCUT2D eigenvalue weighted by Gasteiger charge is 2.06. The summed E-state index contributed by atoms with van der Waals surface area (Å²) < 4.78 is 15.9. The molecule has 0 saturated carbocycles. The Bertz CT molecular complexity index is 717. The Morgan fingerprint density at radius 2 is 1.52 bits per heavy atom. The zero-order chi connectivity index (χ0) is 18.1. The molecule has 0 amide bonds. The molecule has 0 aliphatic carbocycles. The molecule has 2 aromatic carbocycles. The van der Waals surface area contributed by atoms with Crippen LogP contribution in [-0.4, -0.2) is 34.3 Å². The van der Waals surface area contributed by atoms with Crippen LogP contribution in [0, 0.1) is 0 Å². The van der Waals surface area contributed by atoms with Crippen molar-refractivity contribution in [1.82, 2.24) is 10.6 Å². The van der Waals surface area contributed by atoms with Crippen LogP contribution < -0.4 is 24.8 Å². The van der Waals surface area contributed by atoms with Gasteiger partial charge in [0.05, 0.1) is 21.3 Å². The summed E-state index contributed by atoms with van der Waals surface area (Å²) in [6.45, 7) is 1.24. The summed E-state index contributed by atoms with van der Waals surface area (Å²) in [6, 6.07) is 13.7. The minimum absolute atomic E-state index is 0.617. The van der Waals surface area contributed by atoms with Crippen LogP contribution in [0.4, 0.5) is 0 Å². The van der Waals surface area contributed by atoms with E-state index >= 15 is 0 Å². The average molecular weight is 343 g/mol. The van der Waals surface area contributed by atoms with E-state index in [0.717, 1.165) is 16.9 Å². The SMILES string of the molecule is CN=C(NCc1ccc(OC)c(OC)c1)NCc1ccccc1OC. The fourth-order valence-electron chi connectivity index (χ4n) is 2.42. The Morgan fingerprint density at radius 3 is 2.20 bits per heavy atom. The molecule has 0 bridgehead atoms. The molecule has 0 atom stereocenters. The van der Waals surface area contributed by atoms with Crippen molar-refractivity contribution < 1.29 is 14.2 Å². The minimum atomic E-state index is 0.617. The van der Waals surface area contributed by atoms with Crippen LogP contribution in [0.3, 0.4) is 0 Å². The number of hydrogen-bond donors (Lipinski definition) is 2. The maximum atomic E-state index is 5.36. The summed E-state index contributed by atoms with van der Waals surface area (Å²) in [5.41, 5.74) is 2.14. The fraction of sp³-hybridized carbons (Fsp3) is 0.316. The number of benzene rings is 2. The minimum Gasteiger partial charge on any atom is -0.496 e. The van der Waals surface area contributed by atoms with Gasteiger partial charge in [0.1, 0.15) is 5.75 Å². The van der Waals surface area contributed by atoms with Gasteiger partial charge in [-0.05, 0) is 23.8 Å². The number of nitrogens with one attached hydrogen (secondary N) is 2. The zero-order valence-electron chi connectivity index (χ0n) is 15.1. The molecule has 0 saturated heterocycles. The van der Waals surface area contributed by atoms with Crippen molar-refractivity contribution in [3.05, 3.63) is 53.6 Å². The first-order chi connectivity index (χ1) is 12.2. The fourth-order valence-corrected chi connectivity index (χ4v) is 2.42. The Balaban J connectivity index is 1.94. The summed E-state index contributed by atoms with van der Waals surface area (Å²) in [5, 5.41) is 6.57. The van der Waals surface area contributed by atoms with Gasteiger partial charge in [0, 0.05) is 25.7 Å². The van der Waals surface area contributed by atoms with Gasteiger partial charge in [-0.3, -0.25) is 4.99 Å². The van der Waals surface area contributed by atoms with Gasteiger partial charge in [-0.15, -0.1) is 0 Å². The molecular formula is C19H25N3O3. The number of para-hydroxylation sites is 1. The largest absolute Gasteiger partial charge is 0.496 e. The Hall–Kier alpha value is -2.89. The standard InChI is InChI=1S/C19H25N3O3/c1-20-19(22-13-15-7-5-6-8-16(15)23-2)21-12-14-9-10-17(24-3)18(11-14)25-4/h5-11H,12-13H2,1-4H3,(H2,20,21,22). The van der Waals surface area contributed by atoms with Crippen LogP contribution in [0.2, 0.25) is 0 Å². The highest BCUT2D eigenvalue weighted by atomic mass is 16.5. The van der Waals surface area contributed by atoms with Crippen molar-refractivity contribution in [2.24, 2.45) is 4.99 Å². The number of hydrogen-bond acceptors (Lipinski definition) is 4. The summed E-state index contributed by atoms with van der Waals surface area (Å²) in [6.07, 6.45) is 0. The molecule has 0 aliphatic rings. The number of nitrogens with zero attached hydrogens (tertiary/aromatic N) is 1. The molecule has 2 N–H and O–H groups in total. The van der Waals surface area contributed by atoms with Crippen LogP contribution in [0.15, 0.2) is 47.5 Å². The number of rotatable bonds is 7. The smallest absolute Gasteiger partial charge is 0.191 e. The average Bonchev–Trinajstić information content (AvgIpc) is 2.68. The van der Waals surface area contributed by atoms with Crippen molar-refractivity contribution in [2.75, 3.05) is 28.4 Å². The number of ether oxygens (including phenoxy) is 3. The Labute approximate surface area is 148 Å². The van der Waals surface area contributed by atoms with E-state index in [9.17, 15) is 0 Å².